The summed E-state index contributed by atoms with van der Waals surface area (Å²) < 4.78 is 6.82. The van der Waals surface area contributed by atoms with Crippen LogP contribution in [0.15, 0.2) is 30.5 Å². The van der Waals surface area contributed by atoms with Gasteiger partial charge in [0.1, 0.15) is 5.60 Å². The number of nitrogens with zero attached hydrogens (tertiary/aromatic N) is 3. The average molecular weight is 525 g/mol. The van der Waals surface area contributed by atoms with Gasteiger partial charge in [-0.05, 0) is 82.7 Å². The van der Waals surface area contributed by atoms with Gasteiger partial charge in [0.05, 0.1) is 15.8 Å². The van der Waals surface area contributed by atoms with E-state index in [1.807, 2.05) is 31.9 Å². The molecule has 3 aromatic rings. The standard InChI is InChI=1S/C28H33ClN4O2S/c1-27(2,3)35-26(34)32-12-7-19(16-32)33-11-4-5-17-13-18(29)14-21(24(17)33)20-6-10-31-22-15-23(36-25(20)22)28(30)8-9-28/h6,10,13-15,19H,4-5,7-9,11-12,16,30H2,1-3H3/t19-/m0/s1. The molecule has 4 heterocycles. The fraction of sp³-hybridized carbons (Fsp3) is 0.500. The van der Waals surface area contributed by atoms with Gasteiger partial charge >= 0.3 is 6.09 Å². The molecule has 1 aliphatic carbocycles. The number of likely N-dealkylation sites (tertiary alicyclic amines) is 1. The van der Waals surface area contributed by atoms with E-state index in [4.69, 9.17) is 22.1 Å². The number of thiophene rings is 1. The van der Waals surface area contributed by atoms with Crippen molar-refractivity contribution in [3.63, 3.8) is 0 Å². The van der Waals surface area contributed by atoms with Crippen molar-refractivity contribution in [3.8, 4) is 11.1 Å². The molecule has 0 unspecified atom stereocenters. The predicted octanol–water partition coefficient (Wildman–Crippen LogP) is 6.33. The van der Waals surface area contributed by atoms with Crippen LogP contribution < -0.4 is 10.6 Å². The molecule has 3 aliphatic rings. The molecule has 1 saturated carbocycles. The summed E-state index contributed by atoms with van der Waals surface area (Å²) in [4.78, 5) is 23.0. The molecule has 1 amide bonds. The van der Waals surface area contributed by atoms with Crippen LogP contribution in [0.5, 0.6) is 0 Å². The van der Waals surface area contributed by atoms with E-state index in [1.165, 1.54) is 20.8 Å². The summed E-state index contributed by atoms with van der Waals surface area (Å²) in [7, 11) is 0. The average Bonchev–Trinajstić information content (AvgIpc) is 3.23. The summed E-state index contributed by atoms with van der Waals surface area (Å²) >= 11 is 8.45. The molecule has 0 bridgehead atoms. The Balaban J connectivity index is 1.39. The first-order valence-corrected chi connectivity index (χ1v) is 14.1. The number of nitrogens with two attached hydrogens (primary N) is 1. The lowest BCUT2D eigenvalue weighted by atomic mass is 9.92. The molecule has 36 heavy (non-hydrogen) atoms. The fourth-order valence-electron chi connectivity index (χ4n) is 5.57. The second-order valence-corrected chi connectivity index (χ2v) is 13.0. The third kappa shape index (κ3) is 4.35. The van der Waals surface area contributed by atoms with Crippen LogP contribution in [-0.4, -0.2) is 47.3 Å². The number of aryl methyl sites for hydroxylation is 1. The Morgan fingerprint density at radius 2 is 2.03 bits per heavy atom. The lowest BCUT2D eigenvalue weighted by molar-refractivity contribution is 0.0292. The summed E-state index contributed by atoms with van der Waals surface area (Å²) in [5.41, 5.74) is 11.7. The van der Waals surface area contributed by atoms with Gasteiger partial charge in [-0.2, -0.15) is 0 Å². The zero-order chi connectivity index (χ0) is 25.2. The van der Waals surface area contributed by atoms with Crippen molar-refractivity contribution < 1.29 is 9.53 Å². The molecule has 0 radical (unpaired) electrons. The maximum Gasteiger partial charge on any atom is 0.410 e. The molecule has 1 saturated heterocycles. The van der Waals surface area contributed by atoms with E-state index in [-0.39, 0.29) is 17.7 Å². The second-order valence-electron chi connectivity index (χ2n) is 11.5. The number of aromatic nitrogens is 1. The van der Waals surface area contributed by atoms with Gasteiger partial charge in [-0.15, -0.1) is 11.3 Å². The number of ether oxygens (including phenoxy) is 1. The van der Waals surface area contributed by atoms with E-state index in [0.29, 0.717) is 13.1 Å². The van der Waals surface area contributed by atoms with Crippen LogP contribution >= 0.6 is 22.9 Å². The Bertz CT molecular complexity index is 1340. The Hall–Kier alpha value is -2.35. The summed E-state index contributed by atoms with van der Waals surface area (Å²) in [6.45, 7) is 8.08. The largest absolute Gasteiger partial charge is 0.444 e. The molecule has 2 aromatic heterocycles. The van der Waals surface area contributed by atoms with Gasteiger partial charge in [0.15, 0.2) is 0 Å². The number of anilines is 1. The maximum atomic E-state index is 12.8. The number of hydrogen-bond donors (Lipinski definition) is 1. The fourth-order valence-corrected chi connectivity index (χ4v) is 7.12. The minimum Gasteiger partial charge on any atom is -0.444 e. The summed E-state index contributed by atoms with van der Waals surface area (Å²) in [5.74, 6) is 0. The monoisotopic (exact) mass is 524 g/mol. The summed E-state index contributed by atoms with van der Waals surface area (Å²) in [6, 6.07) is 8.74. The third-order valence-electron chi connectivity index (χ3n) is 7.52. The van der Waals surface area contributed by atoms with E-state index in [0.717, 1.165) is 60.3 Å². The number of pyridine rings is 1. The highest BCUT2D eigenvalue weighted by Gasteiger charge is 2.42. The third-order valence-corrected chi connectivity index (χ3v) is 9.12. The quantitative estimate of drug-likeness (QED) is 0.433. The first-order chi connectivity index (χ1) is 17.1. The van der Waals surface area contributed by atoms with Crippen molar-refractivity contribution in [1.82, 2.24) is 9.88 Å². The number of fused-ring (bicyclic) bond motifs is 2. The van der Waals surface area contributed by atoms with Crippen LogP contribution in [0.3, 0.4) is 0 Å². The summed E-state index contributed by atoms with van der Waals surface area (Å²) in [5, 5.41) is 0.756. The van der Waals surface area contributed by atoms with Crippen LogP contribution in [-0.2, 0) is 16.7 Å². The van der Waals surface area contributed by atoms with Crippen LogP contribution in [0.2, 0.25) is 5.02 Å². The molecule has 1 atom stereocenters. The van der Waals surface area contributed by atoms with E-state index >= 15 is 0 Å². The van der Waals surface area contributed by atoms with Crippen molar-refractivity contribution >= 4 is 44.9 Å². The second kappa shape index (κ2) is 8.61. The minimum atomic E-state index is -0.494. The molecule has 2 N–H and O–H groups in total. The Morgan fingerprint density at radius 1 is 1.22 bits per heavy atom. The normalized spacial score (nSPS) is 21.1. The van der Waals surface area contributed by atoms with E-state index in [9.17, 15) is 4.79 Å². The van der Waals surface area contributed by atoms with Crippen LogP contribution in [0.25, 0.3) is 21.3 Å². The lowest BCUT2D eigenvalue weighted by Gasteiger charge is -2.38. The van der Waals surface area contributed by atoms with E-state index in [2.05, 4.69) is 34.1 Å². The van der Waals surface area contributed by atoms with Gasteiger partial charge in [-0.3, -0.25) is 4.98 Å². The van der Waals surface area contributed by atoms with Gasteiger partial charge < -0.3 is 20.3 Å². The van der Waals surface area contributed by atoms with Crippen molar-refractivity contribution in [2.75, 3.05) is 24.5 Å². The number of amides is 1. The van der Waals surface area contributed by atoms with Gasteiger partial charge in [0.25, 0.3) is 0 Å². The molecule has 0 spiro atoms. The molecule has 8 heteroatoms. The Labute approximate surface area is 221 Å². The van der Waals surface area contributed by atoms with Crippen molar-refractivity contribution in [2.45, 2.75) is 70.1 Å². The van der Waals surface area contributed by atoms with Crippen molar-refractivity contribution in [2.24, 2.45) is 5.73 Å². The Morgan fingerprint density at radius 3 is 2.78 bits per heavy atom. The number of halogens is 1. The smallest absolute Gasteiger partial charge is 0.410 e. The van der Waals surface area contributed by atoms with Crippen molar-refractivity contribution in [1.29, 1.82) is 0 Å². The van der Waals surface area contributed by atoms with Crippen LogP contribution in [0.1, 0.15) is 56.9 Å². The molecular formula is C28H33ClN4O2S. The Kier molecular flexibility index (Phi) is 5.74. The number of carbonyl (C=O) groups excluding carboxylic acids is 1. The molecule has 6 nitrogen and oxygen atoms in total. The predicted molar refractivity (Wildman–Crippen MR) is 147 cm³/mol. The molecule has 2 aliphatic heterocycles. The summed E-state index contributed by atoms with van der Waals surface area (Å²) in [6.07, 6.45) is 6.72. The molecule has 1 aromatic carbocycles. The maximum absolute atomic E-state index is 12.8. The van der Waals surface area contributed by atoms with Gasteiger partial charge in [-0.25, -0.2) is 4.79 Å². The number of hydrogen-bond acceptors (Lipinski definition) is 6. The molecular weight excluding hydrogens is 492 g/mol. The minimum absolute atomic E-state index is 0.183. The highest BCUT2D eigenvalue weighted by atomic mass is 35.5. The van der Waals surface area contributed by atoms with Crippen molar-refractivity contribution in [3.05, 3.63) is 45.9 Å². The van der Waals surface area contributed by atoms with Gasteiger partial charge in [-0.1, -0.05) is 11.6 Å². The highest BCUT2D eigenvalue weighted by Crippen LogP contribution is 2.50. The van der Waals surface area contributed by atoms with E-state index in [1.54, 1.807) is 11.3 Å². The molecule has 190 valence electrons. The topological polar surface area (TPSA) is 71.7 Å². The highest BCUT2D eigenvalue weighted by molar-refractivity contribution is 7.19. The lowest BCUT2D eigenvalue weighted by Crippen LogP contribution is -2.43. The van der Waals surface area contributed by atoms with Gasteiger partial charge in [0.2, 0.25) is 0 Å². The number of rotatable bonds is 3. The van der Waals surface area contributed by atoms with Gasteiger partial charge in [0, 0.05) is 58.6 Å². The first kappa shape index (κ1) is 24.0. The zero-order valence-electron chi connectivity index (χ0n) is 21.1. The first-order valence-electron chi connectivity index (χ1n) is 12.9. The van der Waals surface area contributed by atoms with E-state index < -0.39 is 5.60 Å². The zero-order valence-corrected chi connectivity index (χ0v) is 22.7. The van der Waals surface area contributed by atoms with Crippen LogP contribution in [0.4, 0.5) is 10.5 Å². The molecule has 6 rings (SSSR count). The number of carbonyl (C=O) groups is 1. The van der Waals surface area contributed by atoms with Crippen LogP contribution in [0, 0.1) is 0 Å². The SMILES string of the molecule is CC(C)(C)OC(=O)N1CC[C@H](N2CCCc3cc(Cl)cc(-c4ccnc5cc(C6(N)CC6)sc45)c32)C1. The molecule has 2 fully saturated rings. The number of benzene rings is 1.